The maximum Gasteiger partial charge on any atom is 0.418 e. The number of nitrogens with two attached hydrogens (primary N) is 1. The van der Waals surface area contributed by atoms with Gasteiger partial charge in [-0.2, -0.15) is 13.2 Å². The van der Waals surface area contributed by atoms with Gasteiger partial charge in [-0.1, -0.05) is 24.4 Å². The Morgan fingerprint density at radius 2 is 1.95 bits per heavy atom. The van der Waals surface area contributed by atoms with Gasteiger partial charge in [-0.15, -0.1) is 0 Å². The van der Waals surface area contributed by atoms with E-state index in [1.54, 1.807) is 0 Å². The number of carbonyl (C=O) groups is 1. The minimum absolute atomic E-state index is 0.162. The van der Waals surface area contributed by atoms with Gasteiger partial charge in [0.15, 0.2) is 0 Å². The quantitative estimate of drug-likeness (QED) is 0.747. The molecule has 19 heavy (non-hydrogen) atoms. The van der Waals surface area contributed by atoms with Gasteiger partial charge in [0.25, 0.3) is 0 Å². The lowest BCUT2D eigenvalue weighted by Gasteiger charge is -2.13. The number of urea groups is 1. The van der Waals surface area contributed by atoms with E-state index in [1.807, 2.05) is 0 Å². The molecule has 1 aromatic rings. The summed E-state index contributed by atoms with van der Waals surface area (Å²) in [5.74, 6) is 0. The van der Waals surface area contributed by atoms with Gasteiger partial charge in [0, 0.05) is 13.0 Å². The molecule has 0 saturated carbocycles. The Morgan fingerprint density at radius 3 is 2.53 bits per heavy atom. The Labute approximate surface area is 113 Å². The van der Waals surface area contributed by atoms with Gasteiger partial charge in [0.05, 0.1) is 16.2 Å². The molecule has 4 nitrogen and oxygen atoms in total. The van der Waals surface area contributed by atoms with Gasteiger partial charge in [-0.25, -0.2) is 4.79 Å². The second-order valence-electron chi connectivity index (χ2n) is 3.64. The summed E-state index contributed by atoms with van der Waals surface area (Å²) in [5, 5.41) is 4.49. The molecule has 4 N–H and O–H groups in total. The van der Waals surface area contributed by atoms with Crippen LogP contribution in [0.5, 0.6) is 0 Å². The third-order valence-electron chi connectivity index (χ3n) is 2.14. The fourth-order valence-electron chi connectivity index (χ4n) is 1.31. The lowest BCUT2D eigenvalue weighted by Crippen LogP contribution is -2.32. The summed E-state index contributed by atoms with van der Waals surface area (Å²) in [6.07, 6.45) is -4.24. The zero-order valence-electron chi connectivity index (χ0n) is 9.75. The average molecular weight is 291 g/mol. The third kappa shape index (κ3) is 5.12. The topological polar surface area (TPSA) is 67.1 Å². The van der Waals surface area contributed by atoms with Crippen LogP contribution in [0, 0.1) is 0 Å². The van der Waals surface area contributed by atoms with Crippen molar-refractivity contribution in [3.63, 3.8) is 0 Å². The molecule has 0 unspecified atom stereocenters. The van der Waals surface area contributed by atoms with Crippen molar-refractivity contribution in [2.75, 3.05) is 11.9 Å². The van der Waals surface area contributed by atoms with Crippen LogP contribution in [0.3, 0.4) is 0 Å². The molecule has 0 saturated heterocycles. The van der Waals surface area contributed by atoms with Crippen molar-refractivity contribution >= 4 is 28.9 Å². The van der Waals surface area contributed by atoms with Crippen LogP contribution in [0.15, 0.2) is 24.3 Å². The standard InChI is InChI=1S/C11H12F3N3OS/c12-11(13,14)7-3-1-2-4-8(7)17-10(18)16-6-5-9(15)19/h1-4H,5-6H2,(H2,15,19)(H2,16,17,18). The van der Waals surface area contributed by atoms with E-state index in [0.717, 1.165) is 6.07 Å². The van der Waals surface area contributed by atoms with Gasteiger partial charge in [-0.05, 0) is 12.1 Å². The van der Waals surface area contributed by atoms with Crippen LogP contribution in [0.2, 0.25) is 0 Å². The van der Waals surface area contributed by atoms with E-state index in [9.17, 15) is 18.0 Å². The first-order valence-corrected chi connectivity index (χ1v) is 5.71. The van der Waals surface area contributed by atoms with Crippen LogP contribution in [0.1, 0.15) is 12.0 Å². The minimum Gasteiger partial charge on any atom is -0.393 e. The SMILES string of the molecule is NC(=S)CCNC(=O)Nc1ccccc1C(F)(F)F. The first-order chi connectivity index (χ1) is 8.80. The molecule has 104 valence electrons. The fourth-order valence-corrected chi connectivity index (χ4v) is 1.41. The number of alkyl halides is 3. The number of halogens is 3. The highest BCUT2D eigenvalue weighted by Gasteiger charge is 2.33. The van der Waals surface area contributed by atoms with Crippen molar-refractivity contribution in [3.05, 3.63) is 29.8 Å². The molecule has 0 aliphatic rings. The van der Waals surface area contributed by atoms with Crippen molar-refractivity contribution in [1.82, 2.24) is 5.32 Å². The van der Waals surface area contributed by atoms with Crippen molar-refractivity contribution in [1.29, 1.82) is 0 Å². The smallest absolute Gasteiger partial charge is 0.393 e. The lowest BCUT2D eigenvalue weighted by molar-refractivity contribution is -0.136. The van der Waals surface area contributed by atoms with Gasteiger partial charge in [-0.3, -0.25) is 0 Å². The van der Waals surface area contributed by atoms with Crippen LogP contribution < -0.4 is 16.4 Å². The molecule has 1 rings (SSSR count). The normalized spacial score (nSPS) is 10.9. The molecular weight excluding hydrogens is 279 g/mol. The second-order valence-corrected chi connectivity index (χ2v) is 4.16. The van der Waals surface area contributed by atoms with Crippen molar-refractivity contribution < 1.29 is 18.0 Å². The van der Waals surface area contributed by atoms with Crippen LogP contribution in [-0.2, 0) is 6.18 Å². The number of nitrogens with one attached hydrogen (secondary N) is 2. The molecule has 0 aliphatic carbocycles. The summed E-state index contributed by atoms with van der Waals surface area (Å²) in [7, 11) is 0. The number of anilines is 1. The van der Waals surface area contributed by atoms with Gasteiger partial charge in [0.2, 0.25) is 0 Å². The van der Waals surface area contributed by atoms with E-state index in [-0.39, 0.29) is 23.6 Å². The van der Waals surface area contributed by atoms with E-state index in [2.05, 4.69) is 22.9 Å². The number of carbonyl (C=O) groups excluding carboxylic acids is 1. The number of para-hydroxylation sites is 1. The van der Waals surface area contributed by atoms with Crippen LogP contribution in [0.25, 0.3) is 0 Å². The molecule has 1 aromatic carbocycles. The maximum atomic E-state index is 12.7. The van der Waals surface area contributed by atoms with Crippen LogP contribution in [-0.4, -0.2) is 17.6 Å². The van der Waals surface area contributed by atoms with E-state index in [0.29, 0.717) is 0 Å². The molecule has 2 amide bonds. The molecule has 0 heterocycles. The molecule has 0 aliphatic heterocycles. The zero-order chi connectivity index (χ0) is 14.5. The summed E-state index contributed by atoms with van der Waals surface area (Å²) in [5.41, 5.74) is 4.02. The highest BCUT2D eigenvalue weighted by molar-refractivity contribution is 7.80. The number of hydrogen-bond donors (Lipinski definition) is 3. The summed E-state index contributed by atoms with van der Waals surface area (Å²) >= 11 is 4.60. The second kappa shape index (κ2) is 6.37. The summed E-state index contributed by atoms with van der Waals surface area (Å²) in [6, 6.07) is 3.98. The average Bonchev–Trinajstić information content (AvgIpc) is 2.27. The molecule has 0 spiro atoms. The molecule has 8 heteroatoms. The Morgan fingerprint density at radius 1 is 1.32 bits per heavy atom. The lowest BCUT2D eigenvalue weighted by atomic mass is 10.1. The van der Waals surface area contributed by atoms with E-state index in [1.165, 1.54) is 18.2 Å². The number of amides is 2. The van der Waals surface area contributed by atoms with E-state index < -0.39 is 17.8 Å². The van der Waals surface area contributed by atoms with Gasteiger partial charge >= 0.3 is 12.2 Å². The van der Waals surface area contributed by atoms with Gasteiger partial charge in [0.1, 0.15) is 0 Å². The monoisotopic (exact) mass is 291 g/mol. The van der Waals surface area contributed by atoms with E-state index in [4.69, 9.17) is 5.73 Å². The van der Waals surface area contributed by atoms with Gasteiger partial charge < -0.3 is 16.4 Å². The molecule has 0 atom stereocenters. The highest BCUT2D eigenvalue weighted by Crippen LogP contribution is 2.34. The zero-order valence-corrected chi connectivity index (χ0v) is 10.6. The Kier molecular flexibility index (Phi) is 5.11. The van der Waals surface area contributed by atoms with Crippen molar-refractivity contribution in [3.8, 4) is 0 Å². The minimum atomic E-state index is -4.53. The third-order valence-corrected chi connectivity index (χ3v) is 2.34. The Balaban J connectivity index is 2.67. The van der Waals surface area contributed by atoms with Crippen LogP contribution >= 0.6 is 12.2 Å². The first-order valence-electron chi connectivity index (χ1n) is 5.30. The van der Waals surface area contributed by atoms with Crippen molar-refractivity contribution in [2.24, 2.45) is 5.73 Å². The predicted octanol–water partition coefficient (Wildman–Crippen LogP) is 2.50. The molecule has 0 aromatic heterocycles. The summed E-state index contributed by atoms with van der Waals surface area (Å²) < 4.78 is 38.0. The molecule has 0 fully saturated rings. The van der Waals surface area contributed by atoms with Crippen molar-refractivity contribution in [2.45, 2.75) is 12.6 Å². The highest BCUT2D eigenvalue weighted by atomic mass is 32.1. The largest absolute Gasteiger partial charge is 0.418 e. The predicted molar refractivity (Wildman–Crippen MR) is 69.9 cm³/mol. The first kappa shape index (κ1) is 15.2. The van der Waals surface area contributed by atoms with E-state index >= 15 is 0 Å². The molecule has 0 radical (unpaired) electrons. The molecule has 0 bridgehead atoms. The maximum absolute atomic E-state index is 12.7. The fraction of sp³-hybridized carbons (Fsp3) is 0.273. The number of thiocarbonyl (C=S) groups is 1. The summed E-state index contributed by atoms with van der Waals surface area (Å²) in [6.45, 7) is 0.162. The van der Waals surface area contributed by atoms with Crippen LogP contribution in [0.4, 0.5) is 23.7 Å². The Bertz CT molecular complexity index is 476. The summed E-state index contributed by atoms with van der Waals surface area (Å²) in [4.78, 5) is 11.6. The number of benzene rings is 1. The Hall–Kier alpha value is -1.83. The molecular formula is C11H12F3N3OS. The number of rotatable bonds is 4. The number of hydrogen-bond acceptors (Lipinski definition) is 2.